The van der Waals surface area contributed by atoms with Gasteiger partial charge in [0.15, 0.2) is 0 Å². The first-order valence-electron chi connectivity index (χ1n) is 7.97. The van der Waals surface area contributed by atoms with Crippen LogP contribution in [0.15, 0.2) is 67.3 Å². The van der Waals surface area contributed by atoms with Crippen LogP contribution in [-0.4, -0.2) is 12.6 Å². The fraction of sp³-hybridized carbons (Fsp3) is 0.190. The summed E-state index contributed by atoms with van der Waals surface area (Å²) >= 11 is 0. The van der Waals surface area contributed by atoms with E-state index in [9.17, 15) is 4.79 Å². The molecule has 0 aliphatic carbocycles. The van der Waals surface area contributed by atoms with E-state index in [4.69, 9.17) is 4.74 Å². The van der Waals surface area contributed by atoms with Crippen molar-refractivity contribution in [2.24, 2.45) is 0 Å². The number of unbranched alkanes of at least 4 members (excludes halogenated alkanes) is 1. The monoisotopic (exact) mass is 304 g/mol. The molecule has 0 saturated heterocycles. The van der Waals surface area contributed by atoms with Gasteiger partial charge in [0.05, 0.1) is 6.61 Å². The zero-order chi connectivity index (χ0) is 16.1. The van der Waals surface area contributed by atoms with Crippen molar-refractivity contribution in [3.8, 4) is 0 Å². The van der Waals surface area contributed by atoms with E-state index < -0.39 is 0 Å². The van der Waals surface area contributed by atoms with Gasteiger partial charge in [-0.2, -0.15) is 0 Å². The lowest BCUT2D eigenvalue weighted by atomic mass is 9.97. The molecule has 0 aliphatic heterocycles. The Hall–Kier alpha value is -2.61. The van der Waals surface area contributed by atoms with Gasteiger partial charge in [-0.3, -0.25) is 0 Å². The van der Waals surface area contributed by atoms with Crippen LogP contribution in [0.4, 0.5) is 0 Å². The summed E-state index contributed by atoms with van der Waals surface area (Å²) in [6.45, 7) is 3.85. The van der Waals surface area contributed by atoms with Gasteiger partial charge in [-0.05, 0) is 58.5 Å². The second-order valence-electron chi connectivity index (χ2n) is 5.67. The van der Waals surface area contributed by atoms with Gasteiger partial charge in [-0.1, -0.05) is 49.0 Å². The number of hydrogen-bond donors (Lipinski definition) is 0. The molecule has 0 radical (unpaired) electrons. The third-order valence-corrected chi connectivity index (χ3v) is 4.09. The van der Waals surface area contributed by atoms with Crippen molar-refractivity contribution in [2.45, 2.75) is 19.3 Å². The molecule has 2 heteroatoms. The molecular formula is C21H20O2. The van der Waals surface area contributed by atoms with Crippen LogP contribution in [0.3, 0.4) is 0 Å². The van der Waals surface area contributed by atoms with Gasteiger partial charge >= 0.3 is 5.97 Å². The summed E-state index contributed by atoms with van der Waals surface area (Å²) in [6, 6.07) is 19.4. The molecule has 0 spiro atoms. The van der Waals surface area contributed by atoms with Crippen LogP contribution in [0.2, 0.25) is 0 Å². The Morgan fingerprint density at radius 3 is 2.48 bits per heavy atom. The first-order chi connectivity index (χ1) is 11.3. The van der Waals surface area contributed by atoms with Gasteiger partial charge in [0.25, 0.3) is 0 Å². The molecule has 2 nitrogen and oxygen atoms in total. The Labute approximate surface area is 136 Å². The van der Waals surface area contributed by atoms with E-state index in [-0.39, 0.29) is 5.97 Å². The molecule has 0 heterocycles. The minimum absolute atomic E-state index is 0.346. The van der Waals surface area contributed by atoms with Crippen LogP contribution in [-0.2, 0) is 16.0 Å². The molecular weight excluding hydrogens is 284 g/mol. The third kappa shape index (κ3) is 3.59. The standard InChI is InChI=1S/C21H20O2/c1-2-21(22)23-13-6-5-8-16-11-7-12-19-14-17-9-3-4-10-18(17)15-20(16)19/h2-4,7,9-12,14-15H,1,5-6,8,13H2. The lowest BCUT2D eigenvalue weighted by Crippen LogP contribution is -2.02. The van der Waals surface area contributed by atoms with Crippen molar-refractivity contribution in [3.05, 3.63) is 72.8 Å². The quantitative estimate of drug-likeness (QED) is 0.276. The molecule has 0 unspecified atom stereocenters. The van der Waals surface area contributed by atoms with Crippen LogP contribution in [0.5, 0.6) is 0 Å². The van der Waals surface area contributed by atoms with Crippen molar-refractivity contribution in [1.82, 2.24) is 0 Å². The maximum Gasteiger partial charge on any atom is 0.330 e. The second-order valence-corrected chi connectivity index (χ2v) is 5.67. The Bertz CT molecular complexity index is 849. The molecule has 0 saturated carbocycles. The summed E-state index contributed by atoms with van der Waals surface area (Å²) in [5, 5.41) is 5.13. The van der Waals surface area contributed by atoms with E-state index in [0.29, 0.717) is 6.61 Å². The smallest absolute Gasteiger partial charge is 0.330 e. The molecule has 0 aliphatic rings. The maximum absolute atomic E-state index is 11.0. The molecule has 0 amide bonds. The minimum Gasteiger partial charge on any atom is -0.463 e. The van der Waals surface area contributed by atoms with Crippen molar-refractivity contribution in [1.29, 1.82) is 0 Å². The van der Waals surface area contributed by atoms with Crippen molar-refractivity contribution < 1.29 is 9.53 Å². The molecule has 23 heavy (non-hydrogen) atoms. The molecule has 116 valence electrons. The molecule has 3 rings (SSSR count). The van der Waals surface area contributed by atoms with Gasteiger partial charge in [0.2, 0.25) is 0 Å². The molecule has 0 atom stereocenters. The highest BCUT2D eigenvalue weighted by Crippen LogP contribution is 2.26. The van der Waals surface area contributed by atoms with Crippen LogP contribution < -0.4 is 0 Å². The van der Waals surface area contributed by atoms with E-state index in [1.165, 1.54) is 33.2 Å². The number of benzene rings is 3. The predicted molar refractivity (Wildman–Crippen MR) is 95.5 cm³/mol. The van der Waals surface area contributed by atoms with Crippen LogP contribution >= 0.6 is 0 Å². The van der Waals surface area contributed by atoms with E-state index in [2.05, 4.69) is 61.2 Å². The summed E-state index contributed by atoms with van der Waals surface area (Å²) in [5.41, 5.74) is 1.35. The molecule has 0 N–H and O–H groups in total. The van der Waals surface area contributed by atoms with Crippen molar-refractivity contribution in [2.75, 3.05) is 6.61 Å². The normalized spacial score (nSPS) is 10.8. The number of carbonyl (C=O) groups is 1. The highest BCUT2D eigenvalue weighted by Gasteiger charge is 2.03. The molecule has 0 bridgehead atoms. The average Bonchev–Trinajstić information content (AvgIpc) is 2.59. The Kier molecular flexibility index (Phi) is 4.72. The van der Waals surface area contributed by atoms with Crippen LogP contribution in [0.1, 0.15) is 18.4 Å². The molecule has 3 aromatic carbocycles. The fourth-order valence-electron chi connectivity index (χ4n) is 2.90. The zero-order valence-corrected chi connectivity index (χ0v) is 13.1. The van der Waals surface area contributed by atoms with Gasteiger partial charge in [0, 0.05) is 6.08 Å². The number of aryl methyl sites for hydroxylation is 1. The highest BCUT2D eigenvalue weighted by molar-refractivity contribution is 5.99. The lowest BCUT2D eigenvalue weighted by Gasteiger charge is -2.09. The molecule has 3 aromatic rings. The number of rotatable bonds is 6. The first kappa shape index (κ1) is 15.3. The van der Waals surface area contributed by atoms with Crippen molar-refractivity contribution >= 4 is 27.5 Å². The predicted octanol–water partition coefficient (Wildman–Crippen LogP) is 5.04. The lowest BCUT2D eigenvalue weighted by molar-refractivity contribution is -0.137. The summed E-state index contributed by atoms with van der Waals surface area (Å²) in [7, 11) is 0. The number of esters is 1. The largest absolute Gasteiger partial charge is 0.463 e. The number of hydrogen-bond acceptors (Lipinski definition) is 2. The highest BCUT2D eigenvalue weighted by atomic mass is 16.5. The summed E-state index contributed by atoms with van der Waals surface area (Å²) < 4.78 is 5.02. The van der Waals surface area contributed by atoms with E-state index in [1.807, 2.05) is 0 Å². The topological polar surface area (TPSA) is 26.3 Å². The molecule has 0 aromatic heterocycles. The Morgan fingerprint density at radius 1 is 0.957 bits per heavy atom. The summed E-state index contributed by atoms with van der Waals surface area (Å²) in [6.07, 6.45) is 4.05. The van der Waals surface area contributed by atoms with Crippen LogP contribution in [0.25, 0.3) is 21.5 Å². The first-order valence-corrected chi connectivity index (χ1v) is 7.97. The van der Waals surface area contributed by atoms with E-state index >= 15 is 0 Å². The van der Waals surface area contributed by atoms with Gasteiger partial charge in [-0.25, -0.2) is 4.79 Å². The Balaban J connectivity index is 1.74. The average molecular weight is 304 g/mol. The summed E-state index contributed by atoms with van der Waals surface area (Å²) in [5.74, 6) is -0.346. The fourth-order valence-corrected chi connectivity index (χ4v) is 2.90. The second kappa shape index (κ2) is 7.10. The minimum atomic E-state index is -0.346. The van der Waals surface area contributed by atoms with Gasteiger partial charge < -0.3 is 4.74 Å². The SMILES string of the molecule is C=CC(=O)OCCCCc1cccc2cc3ccccc3cc12. The van der Waals surface area contributed by atoms with E-state index in [1.54, 1.807) is 0 Å². The number of ether oxygens (including phenoxy) is 1. The maximum atomic E-state index is 11.0. The number of carbonyl (C=O) groups excluding carboxylic acids is 1. The van der Waals surface area contributed by atoms with E-state index in [0.717, 1.165) is 19.3 Å². The van der Waals surface area contributed by atoms with Crippen LogP contribution in [0, 0.1) is 0 Å². The van der Waals surface area contributed by atoms with Gasteiger partial charge in [-0.15, -0.1) is 0 Å². The number of fused-ring (bicyclic) bond motifs is 2. The van der Waals surface area contributed by atoms with Crippen molar-refractivity contribution in [3.63, 3.8) is 0 Å². The zero-order valence-electron chi connectivity index (χ0n) is 13.1. The van der Waals surface area contributed by atoms with Gasteiger partial charge in [0.1, 0.15) is 0 Å². The summed E-state index contributed by atoms with van der Waals surface area (Å²) in [4.78, 5) is 11.0. The third-order valence-electron chi connectivity index (χ3n) is 4.09. The Morgan fingerprint density at radius 2 is 1.70 bits per heavy atom. The molecule has 0 fully saturated rings.